The summed E-state index contributed by atoms with van der Waals surface area (Å²) in [4.78, 5) is 12.1. The number of carbonyl (C=O) groups excluding carboxylic acids is 1. The van der Waals surface area contributed by atoms with E-state index in [0.717, 1.165) is 15.6 Å². The fraction of sp³-hybridized carbons (Fsp3) is 0.278. The SMILES string of the molecule is COc1ccc(CCNC(=O)Nc2cccc(S(=O)(=O)N(C)C)c2)cc1. The summed E-state index contributed by atoms with van der Waals surface area (Å²) < 4.78 is 30.5. The molecule has 0 aliphatic carbocycles. The first kappa shape index (κ1) is 19.7. The zero-order valence-corrected chi connectivity index (χ0v) is 15.8. The molecule has 8 heteroatoms. The minimum absolute atomic E-state index is 0.124. The van der Waals surface area contributed by atoms with Crippen molar-refractivity contribution in [2.45, 2.75) is 11.3 Å². The third-order valence-corrected chi connectivity index (χ3v) is 5.54. The Balaban J connectivity index is 1.89. The summed E-state index contributed by atoms with van der Waals surface area (Å²) in [6.45, 7) is 0.452. The number of hydrogen-bond acceptors (Lipinski definition) is 4. The number of urea groups is 1. The molecule has 0 bridgehead atoms. The number of benzene rings is 2. The summed E-state index contributed by atoms with van der Waals surface area (Å²) in [6, 6.07) is 13.4. The lowest BCUT2D eigenvalue weighted by Gasteiger charge is -2.13. The van der Waals surface area contributed by atoms with Crippen LogP contribution in [0.4, 0.5) is 10.5 Å². The molecule has 0 fully saturated rings. The Hall–Kier alpha value is -2.58. The van der Waals surface area contributed by atoms with E-state index in [0.29, 0.717) is 18.7 Å². The molecule has 0 aliphatic heterocycles. The molecule has 0 aliphatic rings. The standard InChI is InChI=1S/C18H23N3O4S/c1-21(2)26(23,24)17-6-4-5-15(13-17)20-18(22)19-12-11-14-7-9-16(25-3)10-8-14/h4-10,13H,11-12H2,1-3H3,(H2,19,20,22). The van der Waals surface area contributed by atoms with E-state index in [1.54, 1.807) is 19.2 Å². The molecular weight excluding hydrogens is 354 g/mol. The summed E-state index contributed by atoms with van der Waals surface area (Å²) in [6.07, 6.45) is 0.673. The number of nitrogens with one attached hydrogen (secondary N) is 2. The molecule has 0 atom stereocenters. The van der Waals surface area contributed by atoms with Gasteiger partial charge in [-0.1, -0.05) is 18.2 Å². The highest BCUT2D eigenvalue weighted by Gasteiger charge is 2.17. The Bertz CT molecular complexity index is 849. The summed E-state index contributed by atoms with van der Waals surface area (Å²) in [5, 5.41) is 5.39. The molecule has 2 N–H and O–H groups in total. The normalized spacial score (nSPS) is 11.2. The summed E-state index contributed by atoms with van der Waals surface area (Å²) in [5.41, 5.74) is 1.49. The molecule has 0 saturated carbocycles. The van der Waals surface area contributed by atoms with E-state index in [-0.39, 0.29) is 4.90 Å². The molecule has 2 rings (SSSR count). The van der Waals surface area contributed by atoms with Crippen LogP contribution in [0.5, 0.6) is 5.75 Å². The number of methoxy groups -OCH3 is 1. The van der Waals surface area contributed by atoms with Crippen molar-refractivity contribution in [2.75, 3.05) is 33.1 Å². The van der Waals surface area contributed by atoms with Crippen LogP contribution in [0.3, 0.4) is 0 Å². The first-order valence-corrected chi connectivity index (χ1v) is 9.47. The van der Waals surface area contributed by atoms with E-state index in [1.807, 2.05) is 24.3 Å². The maximum Gasteiger partial charge on any atom is 0.319 e. The van der Waals surface area contributed by atoms with Gasteiger partial charge in [0, 0.05) is 26.3 Å². The monoisotopic (exact) mass is 377 g/mol. The van der Waals surface area contributed by atoms with Crippen molar-refractivity contribution in [3.8, 4) is 5.75 Å². The quantitative estimate of drug-likeness (QED) is 0.775. The van der Waals surface area contributed by atoms with E-state index in [2.05, 4.69) is 10.6 Å². The Morgan fingerprint density at radius 1 is 1.12 bits per heavy atom. The lowest BCUT2D eigenvalue weighted by molar-refractivity contribution is 0.252. The van der Waals surface area contributed by atoms with Gasteiger partial charge in [-0.25, -0.2) is 17.5 Å². The second-order valence-corrected chi connectivity index (χ2v) is 7.95. The molecule has 2 amide bonds. The Morgan fingerprint density at radius 2 is 1.81 bits per heavy atom. The molecule has 0 radical (unpaired) electrons. The maximum absolute atomic E-state index is 12.1. The number of nitrogens with zero attached hydrogens (tertiary/aromatic N) is 1. The van der Waals surface area contributed by atoms with Crippen LogP contribution >= 0.6 is 0 Å². The largest absolute Gasteiger partial charge is 0.497 e. The van der Waals surface area contributed by atoms with Gasteiger partial charge < -0.3 is 15.4 Å². The highest BCUT2D eigenvalue weighted by molar-refractivity contribution is 7.89. The lowest BCUT2D eigenvalue weighted by atomic mass is 10.1. The Kier molecular flexibility index (Phi) is 6.59. The first-order chi connectivity index (χ1) is 12.3. The van der Waals surface area contributed by atoms with Crippen molar-refractivity contribution < 1.29 is 17.9 Å². The average molecular weight is 377 g/mol. The van der Waals surface area contributed by atoms with Gasteiger partial charge in [0.25, 0.3) is 0 Å². The van der Waals surface area contributed by atoms with Gasteiger partial charge in [0.1, 0.15) is 5.75 Å². The van der Waals surface area contributed by atoms with Gasteiger partial charge in [-0.05, 0) is 42.3 Å². The van der Waals surface area contributed by atoms with Gasteiger partial charge in [-0.2, -0.15) is 0 Å². The van der Waals surface area contributed by atoms with Gasteiger partial charge in [0.15, 0.2) is 0 Å². The van der Waals surface area contributed by atoms with Crippen molar-refractivity contribution in [1.82, 2.24) is 9.62 Å². The fourth-order valence-electron chi connectivity index (χ4n) is 2.23. The van der Waals surface area contributed by atoms with Gasteiger partial charge in [-0.15, -0.1) is 0 Å². The molecule has 140 valence electrons. The Labute approximate surface area is 154 Å². The maximum atomic E-state index is 12.1. The van der Waals surface area contributed by atoms with Crippen LogP contribution in [0.15, 0.2) is 53.4 Å². The number of anilines is 1. The number of rotatable bonds is 7. The van der Waals surface area contributed by atoms with Crippen LogP contribution in [0.25, 0.3) is 0 Å². The molecule has 26 heavy (non-hydrogen) atoms. The molecule has 0 saturated heterocycles. The second kappa shape index (κ2) is 8.68. The molecule has 0 unspecified atom stereocenters. The van der Waals surface area contributed by atoms with Crippen LogP contribution < -0.4 is 15.4 Å². The van der Waals surface area contributed by atoms with Crippen molar-refractivity contribution in [3.63, 3.8) is 0 Å². The van der Waals surface area contributed by atoms with Crippen LogP contribution in [-0.4, -0.2) is 46.5 Å². The van der Waals surface area contributed by atoms with E-state index >= 15 is 0 Å². The highest BCUT2D eigenvalue weighted by atomic mass is 32.2. The van der Waals surface area contributed by atoms with Crippen molar-refractivity contribution in [1.29, 1.82) is 0 Å². The van der Waals surface area contributed by atoms with Crippen molar-refractivity contribution in [2.24, 2.45) is 0 Å². The van der Waals surface area contributed by atoms with Crippen LogP contribution in [0, 0.1) is 0 Å². The summed E-state index contributed by atoms with van der Waals surface area (Å²) in [5.74, 6) is 0.784. The van der Waals surface area contributed by atoms with Crippen LogP contribution in [0.2, 0.25) is 0 Å². The topological polar surface area (TPSA) is 87.7 Å². The fourth-order valence-corrected chi connectivity index (χ4v) is 3.18. The van der Waals surface area contributed by atoms with E-state index in [4.69, 9.17) is 4.74 Å². The number of sulfonamides is 1. The van der Waals surface area contributed by atoms with Gasteiger partial charge in [-0.3, -0.25) is 0 Å². The number of carbonyl (C=O) groups is 1. The van der Waals surface area contributed by atoms with Crippen LogP contribution in [-0.2, 0) is 16.4 Å². The van der Waals surface area contributed by atoms with Gasteiger partial charge in [0.2, 0.25) is 10.0 Å². The molecule has 0 spiro atoms. The van der Waals surface area contributed by atoms with Gasteiger partial charge >= 0.3 is 6.03 Å². The van der Waals surface area contributed by atoms with E-state index in [9.17, 15) is 13.2 Å². The Morgan fingerprint density at radius 3 is 2.42 bits per heavy atom. The molecular formula is C18H23N3O4S. The summed E-state index contributed by atoms with van der Waals surface area (Å²) >= 11 is 0. The molecule has 2 aromatic carbocycles. The van der Waals surface area contributed by atoms with E-state index in [1.165, 1.54) is 26.2 Å². The number of amides is 2. The third-order valence-electron chi connectivity index (χ3n) is 3.73. The number of hydrogen-bond donors (Lipinski definition) is 2. The minimum atomic E-state index is -3.54. The number of ether oxygens (including phenoxy) is 1. The highest BCUT2D eigenvalue weighted by Crippen LogP contribution is 2.18. The third kappa shape index (κ3) is 5.21. The van der Waals surface area contributed by atoms with E-state index < -0.39 is 16.1 Å². The minimum Gasteiger partial charge on any atom is -0.497 e. The summed E-state index contributed by atoms with van der Waals surface area (Å²) in [7, 11) is 0.987. The first-order valence-electron chi connectivity index (χ1n) is 8.03. The average Bonchev–Trinajstić information content (AvgIpc) is 2.62. The predicted molar refractivity (Wildman–Crippen MR) is 101 cm³/mol. The molecule has 7 nitrogen and oxygen atoms in total. The zero-order chi connectivity index (χ0) is 19.2. The van der Waals surface area contributed by atoms with Crippen molar-refractivity contribution >= 4 is 21.7 Å². The lowest BCUT2D eigenvalue weighted by Crippen LogP contribution is -2.30. The zero-order valence-electron chi connectivity index (χ0n) is 15.0. The second-order valence-electron chi connectivity index (χ2n) is 5.79. The van der Waals surface area contributed by atoms with Crippen LogP contribution in [0.1, 0.15) is 5.56 Å². The molecule has 2 aromatic rings. The van der Waals surface area contributed by atoms with Gasteiger partial charge in [0.05, 0.1) is 12.0 Å². The smallest absolute Gasteiger partial charge is 0.319 e. The van der Waals surface area contributed by atoms with Crippen molar-refractivity contribution in [3.05, 3.63) is 54.1 Å². The predicted octanol–water partition coefficient (Wildman–Crippen LogP) is 2.31. The molecule has 0 heterocycles. The molecule has 0 aromatic heterocycles.